The molecule has 6 heteroatoms. The number of nitrogens with two attached hydrogens (primary N) is 1. The number of benzene rings is 1. The third kappa shape index (κ3) is 3.68. The van der Waals surface area contributed by atoms with Gasteiger partial charge in [-0.15, -0.1) is 0 Å². The van der Waals surface area contributed by atoms with Crippen molar-refractivity contribution in [3.8, 4) is 0 Å². The summed E-state index contributed by atoms with van der Waals surface area (Å²) < 4.78 is 37.7. The summed E-state index contributed by atoms with van der Waals surface area (Å²) in [5.74, 6) is 1.04. The van der Waals surface area contributed by atoms with Gasteiger partial charge in [-0.1, -0.05) is 19.1 Å². The first kappa shape index (κ1) is 15.7. The van der Waals surface area contributed by atoms with Gasteiger partial charge in [0.2, 0.25) is 0 Å². The van der Waals surface area contributed by atoms with Crippen LogP contribution >= 0.6 is 11.8 Å². The Morgan fingerprint density at radius 3 is 2.50 bits per heavy atom. The molecule has 0 amide bonds. The highest BCUT2D eigenvalue weighted by molar-refractivity contribution is 7.99. The molecule has 0 radical (unpaired) electrons. The number of halogens is 3. The maximum atomic E-state index is 12.6. The van der Waals surface area contributed by atoms with E-state index in [9.17, 15) is 13.2 Å². The summed E-state index contributed by atoms with van der Waals surface area (Å²) >= 11 is 1.92. The molecule has 2 atom stereocenters. The van der Waals surface area contributed by atoms with Crippen molar-refractivity contribution in [2.75, 3.05) is 25.4 Å². The maximum absolute atomic E-state index is 12.6. The number of thioether (sulfide) groups is 1. The number of alkyl halides is 3. The largest absolute Gasteiger partial charge is 0.416 e. The summed E-state index contributed by atoms with van der Waals surface area (Å²) in [7, 11) is 0. The van der Waals surface area contributed by atoms with E-state index in [0.717, 1.165) is 36.5 Å². The summed E-state index contributed by atoms with van der Waals surface area (Å²) in [6.07, 6.45) is -4.28. The van der Waals surface area contributed by atoms with Gasteiger partial charge in [0.1, 0.15) is 0 Å². The molecule has 0 aromatic heterocycles. The van der Waals surface area contributed by atoms with E-state index in [1.165, 1.54) is 0 Å². The predicted octanol–water partition coefficient (Wildman–Crippen LogP) is 3.14. The van der Waals surface area contributed by atoms with E-state index in [1.54, 1.807) is 12.1 Å². The standard InChI is InChI=1S/C14H19F3N2S/c1-10-9-19(6-7-20-10)13(8-18)11-2-4-12(5-3-11)14(15,16)17/h2-5,10,13H,6-9,18H2,1H3. The van der Waals surface area contributed by atoms with Gasteiger partial charge in [0.25, 0.3) is 0 Å². The van der Waals surface area contributed by atoms with Crippen LogP contribution in [0.25, 0.3) is 0 Å². The minimum Gasteiger partial charge on any atom is -0.329 e. The molecule has 20 heavy (non-hydrogen) atoms. The average Bonchev–Trinajstić information content (AvgIpc) is 2.39. The number of hydrogen-bond donors (Lipinski definition) is 1. The van der Waals surface area contributed by atoms with Gasteiger partial charge >= 0.3 is 6.18 Å². The molecule has 1 aromatic carbocycles. The number of hydrogen-bond acceptors (Lipinski definition) is 3. The van der Waals surface area contributed by atoms with Crippen molar-refractivity contribution in [2.24, 2.45) is 5.73 Å². The summed E-state index contributed by atoms with van der Waals surface area (Å²) in [4.78, 5) is 2.27. The molecule has 1 aliphatic heterocycles. The first-order valence-electron chi connectivity index (χ1n) is 6.64. The molecule has 1 aliphatic rings. The van der Waals surface area contributed by atoms with E-state index >= 15 is 0 Å². The lowest BCUT2D eigenvalue weighted by Crippen LogP contribution is -2.42. The van der Waals surface area contributed by atoms with E-state index in [2.05, 4.69) is 11.8 Å². The second kappa shape index (κ2) is 6.37. The van der Waals surface area contributed by atoms with Crippen molar-refractivity contribution in [2.45, 2.75) is 24.4 Å². The van der Waals surface area contributed by atoms with Crippen LogP contribution in [0.1, 0.15) is 24.1 Å². The van der Waals surface area contributed by atoms with Crippen LogP contribution in [0.2, 0.25) is 0 Å². The van der Waals surface area contributed by atoms with Gasteiger partial charge < -0.3 is 5.73 Å². The lowest BCUT2D eigenvalue weighted by atomic mass is 10.0. The Labute approximate surface area is 121 Å². The zero-order valence-corrected chi connectivity index (χ0v) is 12.2. The zero-order valence-electron chi connectivity index (χ0n) is 11.4. The highest BCUT2D eigenvalue weighted by Gasteiger charge is 2.31. The third-order valence-corrected chi connectivity index (χ3v) is 4.70. The van der Waals surface area contributed by atoms with Crippen LogP contribution in [0, 0.1) is 0 Å². The zero-order chi connectivity index (χ0) is 14.8. The molecule has 0 saturated carbocycles. The van der Waals surface area contributed by atoms with Crippen LogP contribution in [-0.4, -0.2) is 35.5 Å². The van der Waals surface area contributed by atoms with E-state index in [4.69, 9.17) is 5.73 Å². The SMILES string of the molecule is CC1CN(C(CN)c2ccc(C(F)(F)F)cc2)CCS1. The fourth-order valence-corrected chi connectivity index (χ4v) is 3.56. The second-order valence-electron chi connectivity index (χ2n) is 5.05. The molecule has 2 N–H and O–H groups in total. The van der Waals surface area contributed by atoms with E-state index < -0.39 is 11.7 Å². The lowest BCUT2D eigenvalue weighted by Gasteiger charge is -2.36. The Kier molecular flexibility index (Phi) is 4.99. The van der Waals surface area contributed by atoms with E-state index in [1.807, 2.05) is 11.8 Å². The minimum absolute atomic E-state index is 0.000587. The topological polar surface area (TPSA) is 29.3 Å². The molecule has 2 rings (SSSR count). The van der Waals surface area contributed by atoms with Crippen LogP contribution < -0.4 is 5.73 Å². The van der Waals surface area contributed by atoms with Gasteiger partial charge in [-0.25, -0.2) is 0 Å². The smallest absolute Gasteiger partial charge is 0.329 e. The molecule has 0 bridgehead atoms. The van der Waals surface area contributed by atoms with Crippen molar-refractivity contribution in [1.29, 1.82) is 0 Å². The van der Waals surface area contributed by atoms with Crippen LogP contribution in [0.3, 0.4) is 0 Å². The molecule has 2 unspecified atom stereocenters. The lowest BCUT2D eigenvalue weighted by molar-refractivity contribution is -0.137. The summed E-state index contributed by atoms with van der Waals surface area (Å²) in [5.41, 5.74) is 6.08. The Balaban J connectivity index is 2.15. The van der Waals surface area contributed by atoms with Gasteiger partial charge in [-0.2, -0.15) is 24.9 Å². The highest BCUT2D eigenvalue weighted by Crippen LogP contribution is 2.31. The first-order valence-corrected chi connectivity index (χ1v) is 7.69. The minimum atomic E-state index is -4.28. The molecule has 0 spiro atoms. The molecular weight excluding hydrogens is 285 g/mol. The van der Waals surface area contributed by atoms with E-state index in [-0.39, 0.29) is 6.04 Å². The van der Waals surface area contributed by atoms with Crippen molar-refractivity contribution in [3.05, 3.63) is 35.4 Å². The van der Waals surface area contributed by atoms with Gasteiger partial charge in [0, 0.05) is 36.7 Å². The highest BCUT2D eigenvalue weighted by atomic mass is 32.2. The van der Waals surface area contributed by atoms with E-state index in [0.29, 0.717) is 11.8 Å². The molecule has 112 valence electrons. The van der Waals surface area contributed by atoms with Crippen LogP contribution in [0.5, 0.6) is 0 Å². The normalized spacial score (nSPS) is 22.8. The fourth-order valence-electron chi connectivity index (χ4n) is 2.52. The van der Waals surface area contributed by atoms with Gasteiger partial charge in [-0.05, 0) is 17.7 Å². The molecule has 0 aliphatic carbocycles. The fraction of sp³-hybridized carbons (Fsp3) is 0.571. The molecule has 1 aromatic rings. The van der Waals surface area contributed by atoms with Crippen molar-refractivity contribution < 1.29 is 13.2 Å². The number of nitrogens with zero attached hydrogens (tertiary/aromatic N) is 1. The first-order chi connectivity index (χ1) is 9.41. The predicted molar refractivity (Wildman–Crippen MR) is 76.7 cm³/mol. The Hall–Kier alpha value is -0.720. The average molecular weight is 304 g/mol. The van der Waals surface area contributed by atoms with Crippen LogP contribution in [0.4, 0.5) is 13.2 Å². The molecular formula is C14H19F3N2S. The Morgan fingerprint density at radius 2 is 2.00 bits per heavy atom. The third-order valence-electron chi connectivity index (χ3n) is 3.56. The summed E-state index contributed by atoms with van der Waals surface area (Å²) in [6.45, 7) is 4.44. The summed E-state index contributed by atoms with van der Waals surface area (Å²) in [5, 5.41) is 0.534. The van der Waals surface area contributed by atoms with Gasteiger partial charge in [-0.3, -0.25) is 4.90 Å². The van der Waals surface area contributed by atoms with Crippen LogP contribution in [0.15, 0.2) is 24.3 Å². The Morgan fingerprint density at radius 1 is 1.35 bits per heavy atom. The molecule has 1 heterocycles. The second-order valence-corrected chi connectivity index (χ2v) is 6.59. The molecule has 1 saturated heterocycles. The van der Waals surface area contributed by atoms with Gasteiger partial charge in [0.15, 0.2) is 0 Å². The quantitative estimate of drug-likeness (QED) is 0.930. The van der Waals surface area contributed by atoms with Gasteiger partial charge in [0.05, 0.1) is 5.56 Å². The molecule has 1 fully saturated rings. The summed E-state index contributed by atoms with van der Waals surface area (Å²) in [6, 6.07) is 5.38. The van der Waals surface area contributed by atoms with Crippen molar-refractivity contribution in [1.82, 2.24) is 4.90 Å². The number of rotatable bonds is 3. The molecule has 2 nitrogen and oxygen atoms in total. The van der Waals surface area contributed by atoms with Crippen molar-refractivity contribution in [3.63, 3.8) is 0 Å². The maximum Gasteiger partial charge on any atom is 0.416 e. The monoisotopic (exact) mass is 304 g/mol. The Bertz CT molecular complexity index is 433. The van der Waals surface area contributed by atoms with Crippen molar-refractivity contribution >= 4 is 11.8 Å². The van der Waals surface area contributed by atoms with Crippen LogP contribution in [-0.2, 0) is 6.18 Å².